The topological polar surface area (TPSA) is 175 Å². The van der Waals surface area contributed by atoms with Crippen molar-refractivity contribution in [2.75, 3.05) is 13.1 Å². The van der Waals surface area contributed by atoms with Gasteiger partial charge < -0.3 is 39.9 Å². The molecular formula is C48H62N8O6. The third kappa shape index (κ3) is 11.4. The van der Waals surface area contributed by atoms with Crippen LogP contribution in [-0.2, 0) is 19.1 Å². The van der Waals surface area contributed by atoms with Crippen LogP contribution in [0.2, 0.25) is 0 Å². The summed E-state index contributed by atoms with van der Waals surface area (Å²) in [6.07, 6.45) is 5.58. The van der Waals surface area contributed by atoms with Crippen molar-refractivity contribution in [2.45, 2.75) is 130 Å². The van der Waals surface area contributed by atoms with Crippen molar-refractivity contribution in [3.8, 4) is 34.4 Å². The van der Waals surface area contributed by atoms with E-state index in [0.717, 1.165) is 59.3 Å². The third-order valence-electron chi connectivity index (χ3n) is 10.8. The average Bonchev–Trinajstić information content (AvgIpc) is 4.03. The summed E-state index contributed by atoms with van der Waals surface area (Å²) < 4.78 is 10.9. The molecule has 14 nitrogen and oxygen atoms in total. The molecule has 0 unspecified atom stereocenters. The van der Waals surface area contributed by atoms with Gasteiger partial charge in [0.15, 0.2) is 0 Å². The molecule has 62 heavy (non-hydrogen) atoms. The van der Waals surface area contributed by atoms with E-state index in [0.29, 0.717) is 24.7 Å². The van der Waals surface area contributed by atoms with Crippen LogP contribution in [0.4, 0.5) is 9.59 Å². The fourth-order valence-corrected chi connectivity index (χ4v) is 7.80. The number of imidazole rings is 2. The van der Waals surface area contributed by atoms with Crippen molar-refractivity contribution in [1.29, 1.82) is 0 Å². The number of hydrogen-bond acceptors (Lipinski definition) is 8. The SMILES string of the molecule is CC(C)[C@@H](NC(=O)OC(C)(C)C)C(=O)N1CCC[C@H]1c1ncc(-c2ccc(C#Cc3ccc(-c4cnc([C@@H]5CCCN5C(=O)[C@H](NC(=O)OC(C)(C)C)C(C)C)[nH]4)cc3)cc2)[nH]1. The lowest BCUT2D eigenvalue weighted by Gasteiger charge is -2.31. The molecular weight excluding hydrogens is 785 g/mol. The number of hydrogen-bond donors (Lipinski definition) is 4. The van der Waals surface area contributed by atoms with Crippen molar-refractivity contribution in [2.24, 2.45) is 11.8 Å². The van der Waals surface area contributed by atoms with Crippen LogP contribution in [0.3, 0.4) is 0 Å². The summed E-state index contributed by atoms with van der Waals surface area (Å²) in [4.78, 5) is 72.5. The van der Waals surface area contributed by atoms with Crippen LogP contribution in [0.5, 0.6) is 0 Å². The summed E-state index contributed by atoms with van der Waals surface area (Å²) in [5, 5.41) is 5.59. The van der Waals surface area contributed by atoms with Crippen molar-refractivity contribution >= 4 is 24.0 Å². The first-order valence-electron chi connectivity index (χ1n) is 21.7. The molecule has 4 heterocycles. The molecule has 14 heteroatoms. The first kappa shape index (κ1) is 45.4. The molecule has 0 saturated carbocycles. The van der Waals surface area contributed by atoms with Gasteiger partial charge >= 0.3 is 12.2 Å². The van der Waals surface area contributed by atoms with Crippen LogP contribution in [0.25, 0.3) is 22.5 Å². The zero-order valence-corrected chi connectivity index (χ0v) is 37.7. The van der Waals surface area contributed by atoms with Gasteiger partial charge in [-0.05, 0) is 114 Å². The van der Waals surface area contributed by atoms with E-state index in [1.165, 1.54) is 0 Å². The van der Waals surface area contributed by atoms with Crippen molar-refractivity contribution in [1.82, 2.24) is 40.4 Å². The predicted octanol–water partition coefficient (Wildman–Crippen LogP) is 8.29. The molecule has 4 aromatic rings. The molecule has 2 aromatic carbocycles. The molecule has 2 saturated heterocycles. The van der Waals surface area contributed by atoms with Gasteiger partial charge in [-0.15, -0.1) is 0 Å². The first-order chi connectivity index (χ1) is 29.3. The number of aromatic amines is 2. The van der Waals surface area contributed by atoms with Gasteiger partial charge in [0.05, 0.1) is 35.9 Å². The number of likely N-dealkylation sites (tertiary alicyclic amines) is 2. The highest BCUT2D eigenvalue weighted by molar-refractivity contribution is 5.87. The van der Waals surface area contributed by atoms with E-state index < -0.39 is 35.5 Å². The second-order valence-corrected chi connectivity index (χ2v) is 18.9. The lowest BCUT2D eigenvalue weighted by molar-refractivity contribution is -0.136. The number of ether oxygens (including phenoxy) is 2. The lowest BCUT2D eigenvalue weighted by Crippen LogP contribution is -2.52. The number of benzene rings is 2. The highest BCUT2D eigenvalue weighted by Gasteiger charge is 2.39. The zero-order valence-electron chi connectivity index (χ0n) is 37.7. The Morgan fingerprint density at radius 1 is 0.629 bits per heavy atom. The molecule has 2 aliphatic rings. The minimum atomic E-state index is -0.717. The largest absolute Gasteiger partial charge is 0.444 e. The number of aromatic nitrogens is 4. The van der Waals surface area contributed by atoms with Crippen LogP contribution < -0.4 is 10.6 Å². The van der Waals surface area contributed by atoms with E-state index in [4.69, 9.17) is 9.47 Å². The van der Waals surface area contributed by atoms with Gasteiger partial charge in [0.25, 0.3) is 0 Å². The Morgan fingerprint density at radius 2 is 0.984 bits per heavy atom. The van der Waals surface area contributed by atoms with Crippen LogP contribution in [0.15, 0.2) is 60.9 Å². The van der Waals surface area contributed by atoms with Gasteiger partial charge in [0.1, 0.15) is 34.9 Å². The standard InChI is InChI=1S/C48H62N8O6/c1-29(2)39(53-45(59)61-47(5,6)7)43(57)55-25-11-13-37(55)41-49-27-35(51-41)33-21-17-31(18-22-33)15-16-32-19-23-34(24-20-32)36-28-50-42(52-36)38-14-12-26-56(38)44(58)40(30(3)4)54-46(60)62-48(8,9)10/h17-24,27-30,37-40H,11-14,25-26H2,1-10H3,(H,49,51)(H,50,52)(H,53,59)(H,54,60)/t37-,38-,39+,40+/m0/s1. The fourth-order valence-electron chi connectivity index (χ4n) is 7.80. The number of nitrogens with one attached hydrogen (secondary N) is 4. The van der Waals surface area contributed by atoms with E-state index in [1.807, 2.05) is 86.0 Å². The first-order valence-corrected chi connectivity index (χ1v) is 21.7. The normalized spacial score (nSPS) is 17.7. The molecule has 0 spiro atoms. The minimum Gasteiger partial charge on any atom is -0.444 e. The number of H-pyrrole nitrogens is 2. The molecule has 4 amide bonds. The van der Waals surface area contributed by atoms with Crippen LogP contribution >= 0.6 is 0 Å². The number of rotatable bonds is 10. The molecule has 6 rings (SSSR count). The Kier molecular flexibility index (Phi) is 13.8. The quantitative estimate of drug-likeness (QED) is 0.115. The second kappa shape index (κ2) is 18.9. The summed E-state index contributed by atoms with van der Waals surface area (Å²) >= 11 is 0. The van der Waals surface area contributed by atoms with Crippen LogP contribution in [0, 0.1) is 23.7 Å². The summed E-state index contributed by atoms with van der Waals surface area (Å²) in [6.45, 7) is 19.6. The van der Waals surface area contributed by atoms with Crippen molar-refractivity contribution in [3.63, 3.8) is 0 Å². The number of nitrogens with zero attached hydrogens (tertiary/aromatic N) is 4. The molecule has 4 N–H and O–H groups in total. The van der Waals surface area contributed by atoms with Crippen LogP contribution in [-0.4, -0.2) is 90.1 Å². The van der Waals surface area contributed by atoms with E-state index in [9.17, 15) is 19.2 Å². The summed E-state index contributed by atoms with van der Waals surface area (Å²) in [5.41, 5.74) is 3.95. The monoisotopic (exact) mass is 846 g/mol. The molecule has 2 fully saturated rings. The van der Waals surface area contributed by atoms with Gasteiger partial charge in [-0.3, -0.25) is 9.59 Å². The maximum Gasteiger partial charge on any atom is 0.408 e. The van der Waals surface area contributed by atoms with E-state index in [1.54, 1.807) is 53.9 Å². The molecule has 2 aromatic heterocycles. The number of amides is 4. The Morgan fingerprint density at radius 3 is 1.31 bits per heavy atom. The molecule has 2 aliphatic heterocycles. The minimum absolute atomic E-state index is 0.128. The molecule has 0 bridgehead atoms. The van der Waals surface area contributed by atoms with Gasteiger partial charge in [0, 0.05) is 24.2 Å². The Hall–Kier alpha value is -6.10. The molecule has 0 aliphatic carbocycles. The molecule has 330 valence electrons. The van der Waals surface area contributed by atoms with Gasteiger partial charge in [-0.25, -0.2) is 19.6 Å². The smallest absolute Gasteiger partial charge is 0.408 e. The maximum atomic E-state index is 13.8. The van der Waals surface area contributed by atoms with E-state index in [-0.39, 0.29) is 35.7 Å². The maximum absolute atomic E-state index is 13.8. The van der Waals surface area contributed by atoms with Crippen molar-refractivity contribution < 1.29 is 28.7 Å². The van der Waals surface area contributed by atoms with Gasteiger partial charge in [-0.1, -0.05) is 63.8 Å². The predicted molar refractivity (Wildman–Crippen MR) is 237 cm³/mol. The molecule has 4 atom stereocenters. The average molecular weight is 847 g/mol. The summed E-state index contributed by atoms with van der Waals surface area (Å²) in [6, 6.07) is 14.0. The summed E-state index contributed by atoms with van der Waals surface area (Å²) in [7, 11) is 0. The second-order valence-electron chi connectivity index (χ2n) is 18.9. The summed E-state index contributed by atoms with van der Waals surface area (Å²) in [5.74, 6) is 7.39. The zero-order chi connectivity index (χ0) is 44.9. The molecule has 0 radical (unpaired) electrons. The third-order valence-corrected chi connectivity index (χ3v) is 10.8. The number of carbonyl (C=O) groups excluding carboxylic acids is 4. The number of carbonyl (C=O) groups is 4. The van der Waals surface area contributed by atoms with Gasteiger partial charge in [-0.2, -0.15) is 0 Å². The highest BCUT2D eigenvalue weighted by atomic mass is 16.6. The Labute approximate surface area is 365 Å². The van der Waals surface area contributed by atoms with Crippen molar-refractivity contribution in [3.05, 3.63) is 83.7 Å². The van der Waals surface area contributed by atoms with Gasteiger partial charge in [0.2, 0.25) is 11.8 Å². The lowest BCUT2D eigenvalue weighted by atomic mass is 10.0. The van der Waals surface area contributed by atoms with Crippen LogP contribution in [0.1, 0.15) is 130 Å². The Bertz CT molecular complexity index is 2110. The van der Waals surface area contributed by atoms with E-state index in [2.05, 4.69) is 42.4 Å². The highest BCUT2D eigenvalue weighted by Crippen LogP contribution is 2.34. The fraction of sp³-hybridized carbons (Fsp3) is 0.500. The Balaban J connectivity index is 1.06. The number of alkyl carbamates (subject to hydrolysis) is 2. The van der Waals surface area contributed by atoms with E-state index >= 15 is 0 Å².